The minimum absolute atomic E-state index is 0.123. The van der Waals surface area contributed by atoms with Crippen LogP contribution >= 0.6 is 0 Å². The SMILES string of the molecule is C=C(CCCC1CCC2(C)C3=C(O)CC4C(C)C(CCC)CCC4(C)C3=CCC12C)C(C)C. The van der Waals surface area contributed by atoms with Crippen molar-refractivity contribution in [2.75, 3.05) is 0 Å². The summed E-state index contributed by atoms with van der Waals surface area (Å²) in [4.78, 5) is 0. The van der Waals surface area contributed by atoms with Gasteiger partial charge in [0, 0.05) is 11.8 Å². The average molecular weight is 453 g/mol. The Morgan fingerprint density at radius 3 is 2.55 bits per heavy atom. The van der Waals surface area contributed by atoms with Crippen LogP contribution in [0.5, 0.6) is 0 Å². The van der Waals surface area contributed by atoms with Crippen LogP contribution in [-0.2, 0) is 0 Å². The number of aliphatic hydroxyl groups is 1. The predicted molar refractivity (Wildman–Crippen MR) is 142 cm³/mol. The fourth-order valence-electron chi connectivity index (χ4n) is 9.03. The second-order valence-electron chi connectivity index (χ2n) is 13.5. The van der Waals surface area contributed by atoms with Gasteiger partial charge >= 0.3 is 0 Å². The molecule has 2 fully saturated rings. The molecule has 0 aromatic rings. The third-order valence-electron chi connectivity index (χ3n) is 11.8. The van der Waals surface area contributed by atoms with Gasteiger partial charge in [0.25, 0.3) is 0 Å². The third kappa shape index (κ3) is 3.79. The van der Waals surface area contributed by atoms with E-state index in [9.17, 15) is 5.11 Å². The van der Waals surface area contributed by atoms with Gasteiger partial charge in [0.1, 0.15) is 0 Å². The molecule has 0 aromatic carbocycles. The Balaban J connectivity index is 1.61. The van der Waals surface area contributed by atoms with E-state index in [4.69, 9.17) is 0 Å². The summed E-state index contributed by atoms with van der Waals surface area (Å²) in [5.74, 6) is 4.26. The summed E-state index contributed by atoms with van der Waals surface area (Å²) in [6, 6.07) is 0. The molecule has 0 saturated heterocycles. The molecule has 0 aromatic heterocycles. The van der Waals surface area contributed by atoms with Crippen LogP contribution in [-0.4, -0.2) is 5.11 Å². The van der Waals surface area contributed by atoms with Gasteiger partial charge in [0.15, 0.2) is 0 Å². The smallest absolute Gasteiger partial charge is 0.0966 e. The molecule has 0 amide bonds. The molecule has 0 bridgehead atoms. The van der Waals surface area contributed by atoms with Crippen LogP contribution in [0.4, 0.5) is 0 Å². The van der Waals surface area contributed by atoms with Crippen molar-refractivity contribution in [2.24, 2.45) is 45.8 Å². The standard InChI is InChI=1S/C32H52O/c1-9-11-24-14-17-30(6)26-16-19-31(7)25(13-10-12-22(4)21(2)3)15-18-32(31,8)29(26)28(33)20-27(30)23(24)5/h16,21,23-25,27,33H,4,9-15,17-20H2,1-3,5-8H3. The molecule has 0 spiro atoms. The van der Waals surface area contributed by atoms with Gasteiger partial charge in [-0.3, -0.25) is 0 Å². The predicted octanol–water partition coefficient (Wildman–Crippen LogP) is 9.81. The molecule has 1 heteroatoms. The molecular formula is C32H52O. The fraction of sp³-hybridized carbons (Fsp3) is 0.812. The number of hydrogen-bond donors (Lipinski definition) is 1. The van der Waals surface area contributed by atoms with Gasteiger partial charge in [-0.25, -0.2) is 0 Å². The molecule has 186 valence electrons. The van der Waals surface area contributed by atoms with E-state index < -0.39 is 0 Å². The van der Waals surface area contributed by atoms with Crippen LogP contribution in [0.2, 0.25) is 0 Å². The molecule has 7 unspecified atom stereocenters. The molecule has 4 rings (SSSR count). The summed E-state index contributed by atoms with van der Waals surface area (Å²) >= 11 is 0. The summed E-state index contributed by atoms with van der Waals surface area (Å²) < 4.78 is 0. The minimum atomic E-state index is 0.123. The third-order valence-corrected chi connectivity index (χ3v) is 11.8. The topological polar surface area (TPSA) is 20.2 Å². The lowest BCUT2D eigenvalue weighted by atomic mass is 9.45. The van der Waals surface area contributed by atoms with E-state index >= 15 is 0 Å². The molecule has 0 heterocycles. The quantitative estimate of drug-likeness (QED) is 0.381. The van der Waals surface area contributed by atoms with E-state index in [1.807, 2.05) is 0 Å². The molecular weight excluding hydrogens is 400 g/mol. The van der Waals surface area contributed by atoms with Crippen LogP contribution in [0, 0.1) is 45.8 Å². The van der Waals surface area contributed by atoms with Crippen molar-refractivity contribution in [1.82, 2.24) is 0 Å². The van der Waals surface area contributed by atoms with Gasteiger partial charge in [-0.2, -0.15) is 0 Å². The second kappa shape index (κ2) is 8.91. The lowest BCUT2D eigenvalue weighted by Gasteiger charge is -2.59. The van der Waals surface area contributed by atoms with Crippen molar-refractivity contribution < 1.29 is 5.11 Å². The summed E-state index contributed by atoms with van der Waals surface area (Å²) in [6.45, 7) is 21.3. The van der Waals surface area contributed by atoms with Crippen LogP contribution in [0.3, 0.4) is 0 Å². The summed E-state index contributed by atoms with van der Waals surface area (Å²) in [5, 5.41) is 11.6. The minimum Gasteiger partial charge on any atom is -0.512 e. The van der Waals surface area contributed by atoms with Crippen molar-refractivity contribution >= 4 is 0 Å². The second-order valence-corrected chi connectivity index (χ2v) is 13.5. The summed E-state index contributed by atoms with van der Waals surface area (Å²) in [7, 11) is 0. The molecule has 0 radical (unpaired) electrons. The number of hydrogen-bond acceptors (Lipinski definition) is 1. The van der Waals surface area contributed by atoms with E-state index in [1.54, 1.807) is 5.57 Å². The number of rotatable bonds is 7. The van der Waals surface area contributed by atoms with Gasteiger partial charge in [-0.05, 0) is 103 Å². The summed E-state index contributed by atoms with van der Waals surface area (Å²) in [6.07, 6.45) is 16.3. The van der Waals surface area contributed by atoms with Crippen LogP contribution in [0.15, 0.2) is 35.1 Å². The Morgan fingerprint density at radius 2 is 1.88 bits per heavy atom. The highest BCUT2D eigenvalue weighted by Gasteiger charge is 2.62. The lowest BCUT2D eigenvalue weighted by Crippen LogP contribution is -2.50. The van der Waals surface area contributed by atoms with E-state index in [2.05, 4.69) is 61.1 Å². The maximum Gasteiger partial charge on any atom is 0.0966 e. The van der Waals surface area contributed by atoms with Crippen molar-refractivity contribution in [3.05, 3.63) is 35.1 Å². The van der Waals surface area contributed by atoms with Gasteiger partial charge in [0.05, 0.1) is 5.76 Å². The number of aliphatic hydroxyl groups excluding tert-OH is 1. The Morgan fingerprint density at radius 1 is 1.15 bits per heavy atom. The fourth-order valence-corrected chi connectivity index (χ4v) is 9.03. The van der Waals surface area contributed by atoms with Gasteiger partial charge < -0.3 is 5.11 Å². The highest BCUT2D eigenvalue weighted by Crippen LogP contribution is 2.71. The maximum atomic E-state index is 11.6. The monoisotopic (exact) mass is 452 g/mol. The molecule has 4 aliphatic rings. The van der Waals surface area contributed by atoms with Gasteiger partial charge in [-0.15, -0.1) is 0 Å². The average Bonchev–Trinajstić information content (AvgIpc) is 3.02. The van der Waals surface area contributed by atoms with Crippen LogP contribution in [0.1, 0.15) is 119 Å². The highest BCUT2D eigenvalue weighted by atomic mass is 16.3. The molecule has 2 saturated carbocycles. The Bertz CT molecular complexity index is 829. The zero-order valence-electron chi connectivity index (χ0n) is 22.9. The first kappa shape index (κ1) is 25.1. The van der Waals surface area contributed by atoms with E-state index in [1.165, 1.54) is 75.4 Å². The van der Waals surface area contributed by atoms with Gasteiger partial charge in [-0.1, -0.05) is 79.5 Å². The van der Waals surface area contributed by atoms with Crippen LogP contribution < -0.4 is 0 Å². The van der Waals surface area contributed by atoms with Crippen molar-refractivity contribution in [3.63, 3.8) is 0 Å². The van der Waals surface area contributed by atoms with E-state index in [-0.39, 0.29) is 16.2 Å². The van der Waals surface area contributed by atoms with E-state index in [0.717, 1.165) is 24.0 Å². The summed E-state index contributed by atoms with van der Waals surface area (Å²) in [5.41, 5.74) is 5.01. The molecule has 0 aliphatic heterocycles. The molecule has 7 atom stereocenters. The largest absolute Gasteiger partial charge is 0.512 e. The van der Waals surface area contributed by atoms with Crippen molar-refractivity contribution in [3.8, 4) is 0 Å². The molecule has 1 N–H and O–H groups in total. The maximum absolute atomic E-state index is 11.6. The first-order valence-corrected chi connectivity index (χ1v) is 14.3. The lowest BCUT2D eigenvalue weighted by molar-refractivity contribution is 0.0125. The first-order valence-electron chi connectivity index (χ1n) is 14.3. The van der Waals surface area contributed by atoms with E-state index in [0.29, 0.717) is 17.8 Å². The van der Waals surface area contributed by atoms with Crippen molar-refractivity contribution in [1.29, 1.82) is 0 Å². The van der Waals surface area contributed by atoms with Gasteiger partial charge in [0.2, 0.25) is 0 Å². The Kier molecular flexibility index (Phi) is 6.78. The zero-order valence-corrected chi connectivity index (χ0v) is 22.9. The first-order chi connectivity index (χ1) is 15.5. The molecule has 1 nitrogen and oxygen atoms in total. The Hall–Kier alpha value is -0.980. The highest BCUT2D eigenvalue weighted by molar-refractivity contribution is 5.51. The molecule has 4 aliphatic carbocycles. The zero-order chi connectivity index (χ0) is 24.2. The Labute approximate surface area is 205 Å². The normalized spacial score (nSPS) is 42.6. The number of allylic oxidation sites excluding steroid dienone is 5. The van der Waals surface area contributed by atoms with Crippen molar-refractivity contribution in [2.45, 2.75) is 119 Å². The van der Waals surface area contributed by atoms with Crippen LogP contribution in [0.25, 0.3) is 0 Å². The number of fused-ring (bicyclic) bond motifs is 5. The molecule has 33 heavy (non-hydrogen) atoms.